The van der Waals surface area contributed by atoms with Crippen molar-refractivity contribution in [1.82, 2.24) is 4.90 Å². The van der Waals surface area contributed by atoms with Gasteiger partial charge in [0.25, 0.3) is 0 Å². The molecule has 1 atom stereocenters. The Hall–Kier alpha value is -1.55. The van der Waals surface area contributed by atoms with Gasteiger partial charge in [-0.2, -0.15) is 0 Å². The van der Waals surface area contributed by atoms with Crippen molar-refractivity contribution in [3.05, 3.63) is 29.8 Å². The second-order valence-electron chi connectivity index (χ2n) is 5.92. The van der Waals surface area contributed by atoms with Crippen molar-refractivity contribution >= 4 is 11.7 Å². The molecule has 1 unspecified atom stereocenters. The van der Waals surface area contributed by atoms with Crippen LogP contribution in [0, 0.1) is 0 Å². The van der Waals surface area contributed by atoms with Crippen LogP contribution in [-0.2, 0) is 0 Å². The number of rotatable bonds is 4. The third-order valence-electron chi connectivity index (χ3n) is 4.28. The molecule has 2 amide bonds. The predicted molar refractivity (Wildman–Crippen MR) is 87.3 cm³/mol. The van der Waals surface area contributed by atoms with E-state index in [9.17, 15) is 4.79 Å². The first-order valence-electron chi connectivity index (χ1n) is 8.05. The van der Waals surface area contributed by atoms with Crippen LogP contribution >= 0.6 is 0 Å². The Morgan fingerprint density at radius 2 is 2.10 bits per heavy atom. The highest BCUT2D eigenvalue weighted by Crippen LogP contribution is 2.23. The van der Waals surface area contributed by atoms with Crippen LogP contribution in [0.1, 0.15) is 57.6 Å². The second-order valence-corrected chi connectivity index (χ2v) is 5.92. The summed E-state index contributed by atoms with van der Waals surface area (Å²) >= 11 is 0. The largest absolute Gasteiger partial charge is 0.324 e. The van der Waals surface area contributed by atoms with Crippen LogP contribution in [0.25, 0.3) is 0 Å². The number of benzene rings is 1. The molecule has 21 heavy (non-hydrogen) atoms. The number of nitrogens with one attached hydrogen (secondary N) is 1. The number of hydrogen-bond donors (Lipinski definition) is 2. The van der Waals surface area contributed by atoms with Crippen molar-refractivity contribution in [3.8, 4) is 0 Å². The van der Waals surface area contributed by atoms with E-state index >= 15 is 0 Å². The fraction of sp³-hybridized carbons (Fsp3) is 0.588. The fourth-order valence-corrected chi connectivity index (χ4v) is 3.06. The highest BCUT2D eigenvalue weighted by atomic mass is 16.2. The maximum atomic E-state index is 12.5. The van der Waals surface area contributed by atoms with E-state index in [-0.39, 0.29) is 12.1 Å². The Kier molecular flexibility index (Phi) is 5.62. The third-order valence-corrected chi connectivity index (χ3v) is 4.28. The van der Waals surface area contributed by atoms with Crippen LogP contribution in [0.15, 0.2) is 24.3 Å². The number of nitrogens with two attached hydrogens (primary N) is 1. The van der Waals surface area contributed by atoms with Gasteiger partial charge in [-0.25, -0.2) is 4.79 Å². The topological polar surface area (TPSA) is 58.4 Å². The summed E-state index contributed by atoms with van der Waals surface area (Å²) in [5.74, 6) is 0. The first-order valence-corrected chi connectivity index (χ1v) is 8.05. The first kappa shape index (κ1) is 15.8. The van der Waals surface area contributed by atoms with Crippen molar-refractivity contribution in [3.63, 3.8) is 0 Å². The zero-order chi connectivity index (χ0) is 15.2. The molecule has 0 spiro atoms. The average molecular weight is 289 g/mol. The van der Waals surface area contributed by atoms with Crippen molar-refractivity contribution < 1.29 is 4.79 Å². The molecular weight excluding hydrogens is 262 g/mol. The van der Waals surface area contributed by atoms with Crippen LogP contribution < -0.4 is 11.1 Å². The highest BCUT2D eigenvalue weighted by Gasteiger charge is 2.24. The zero-order valence-electron chi connectivity index (χ0n) is 13.1. The van der Waals surface area contributed by atoms with Gasteiger partial charge in [-0.1, -0.05) is 31.4 Å². The molecule has 1 aliphatic rings. The molecule has 4 nitrogen and oxygen atoms in total. The van der Waals surface area contributed by atoms with Gasteiger partial charge in [0.2, 0.25) is 0 Å². The third kappa shape index (κ3) is 4.21. The smallest absolute Gasteiger partial charge is 0.322 e. The minimum absolute atomic E-state index is 0.00576. The molecule has 1 saturated carbocycles. The Morgan fingerprint density at radius 1 is 1.38 bits per heavy atom. The van der Waals surface area contributed by atoms with Crippen LogP contribution in [0.2, 0.25) is 0 Å². The molecule has 0 heterocycles. The quantitative estimate of drug-likeness (QED) is 0.883. The molecule has 4 heteroatoms. The van der Waals surface area contributed by atoms with E-state index in [0.717, 1.165) is 30.6 Å². The van der Waals surface area contributed by atoms with Crippen LogP contribution in [0.3, 0.4) is 0 Å². The standard InChI is InChI=1S/C17H27N3O/c1-3-20(16-10-5-4-6-11-16)17(21)19-15-9-7-8-14(12-15)13(2)18/h7-9,12-13,16H,3-6,10-11,18H2,1-2H3,(H,19,21). The van der Waals surface area contributed by atoms with Crippen molar-refractivity contribution in [2.45, 2.75) is 58.0 Å². The molecule has 0 radical (unpaired) electrons. The van der Waals surface area contributed by atoms with E-state index in [0.29, 0.717) is 6.04 Å². The van der Waals surface area contributed by atoms with Crippen LogP contribution in [0.5, 0.6) is 0 Å². The number of nitrogens with zero attached hydrogens (tertiary/aromatic N) is 1. The Morgan fingerprint density at radius 3 is 2.71 bits per heavy atom. The molecule has 1 aromatic carbocycles. The molecule has 0 aliphatic heterocycles. The number of amides is 2. The Labute approximate surface area is 127 Å². The Balaban J connectivity index is 2.03. The van der Waals surface area contributed by atoms with Gasteiger partial charge < -0.3 is 16.0 Å². The van der Waals surface area contributed by atoms with E-state index in [1.54, 1.807) is 0 Å². The fourth-order valence-electron chi connectivity index (χ4n) is 3.06. The number of carbonyl (C=O) groups is 1. The Bertz CT molecular complexity index is 467. The van der Waals surface area contributed by atoms with E-state index in [1.807, 2.05) is 43.0 Å². The van der Waals surface area contributed by atoms with Gasteiger partial charge in [-0.15, -0.1) is 0 Å². The number of carbonyl (C=O) groups excluding carboxylic acids is 1. The van der Waals surface area contributed by atoms with Gasteiger partial charge in [-0.05, 0) is 44.4 Å². The van der Waals surface area contributed by atoms with Gasteiger partial charge in [0.1, 0.15) is 0 Å². The van der Waals surface area contributed by atoms with Gasteiger partial charge in [0, 0.05) is 24.3 Å². The molecule has 1 aliphatic carbocycles. The second kappa shape index (κ2) is 7.46. The molecule has 0 aromatic heterocycles. The number of anilines is 1. The van der Waals surface area contributed by atoms with Crippen molar-refractivity contribution in [2.24, 2.45) is 5.73 Å². The first-order chi connectivity index (χ1) is 10.1. The zero-order valence-corrected chi connectivity index (χ0v) is 13.1. The summed E-state index contributed by atoms with van der Waals surface area (Å²) in [6, 6.07) is 8.16. The van der Waals surface area contributed by atoms with Gasteiger partial charge in [0.05, 0.1) is 0 Å². The lowest BCUT2D eigenvalue weighted by Crippen LogP contribution is -2.43. The molecule has 3 N–H and O–H groups in total. The maximum absolute atomic E-state index is 12.5. The lowest BCUT2D eigenvalue weighted by Gasteiger charge is -2.33. The molecular formula is C17H27N3O. The van der Waals surface area contributed by atoms with Crippen molar-refractivity contribution in [1.29, 1.82) is 0 Å². The molecule has 2 rings (SSSR count). The lowest BCUT2D eigenvalue weighted by atomic mass is 9.94. The maximum Gasteiger partial charge on any atom is 0.322 e. The van der Waals surface area contributed by atoms with Gasteiger partial charge >= 0.3 is 6.03 Å². The summed E-state index contributed by atoms with van der Waals surface area (Å²) in [5.41, 5.74) is 7.75. The van der Waals surface area contributed by atoms with E-state index in [2.05, 4.69) is 5.32 Å². The summed E-state index contributed by atoms with van der Waals surface area (Å²) in [5, 5.41) is 3.02. The molecule has 116 valence electrons. The summed E-state index contributed by atoms with van der Waals surface area (Å²) < 4.78 is 0. The predicted octanol–water partition coefficient (Wildman–Crippen LogP) is 3.89. The van der Waals surface area contributed by atoms with E-state index in [1.165, 1.54) is 19.3 Å². The summed E-state index contributed by atoms with van der Waals surface area (Å²) in [6.07, 6.45) is 6.01. The molecule has 0 saturated heterocycles. The normalized spacial score (nSPS) is 17.3. The SMILES string of the molecule is CCN(C(=O)Nc1cccc(C(C)N)c1)C1CCCCC1. The number of urea groups is 1. The van der Waals surface area contributed by atoms with E-state index < -0.39 is 0 Å². The lowest BCUT2D eigenvalue weighted by molar-refractivity contribution is 0.172. The molecule has 1 aromatic rings. The average Bonchev–Trinajstić information content (AvgIpc) is 2.49. The molecule has 1 fully saturated rings. The minimum atomic E-state index is -0.0255. The highest BCUT2D eigenvalue weighted by molar-refractivity contribution is 5.89. The summed E-state index contributed by atoms with van der Waals surface area (Å²) in [4.78, 5) is 14.5. The minimum Gasteiger partial charge on any atom is -0.324 e. The van der Waals surface area contributed by atoms with Crippen LogP contribution in [0.4, 0.5) is 10.5 Å². The van der Waals surface area contributed by atoms with E-state index in [4.69, 9.17) is 5.73 Å². The van der Waals surface area contributed by atoms with Gasteiger partial charge in [0.15, 0.2) is 0 Å². The summed E-state index contributed by atoms with van der Waals surface area (Å²) in [7, 11) is 0. The molecule has 0 bridgehead atoms. The number of hydrogen-bond acceptors (Lipinski definition) is 2. The monoisotopic (exact) mass is 289 g/mol. The van der Waals surface area contributed by atoms with Crippen molar-refractivity contribution in [2.75, 3.05) is 11.9 Å². The van der Waals surface area contributed by atoms with Crippen LogP contribution in [-0.4, -0.2) is 23.5 Å². The van der Waals surface area contributed by atoms with Gasteiger partial charge in [-0.3, -0.25) is 0 Å². The summed E-state index contributed by atoms with van der Waals surface area (Å²) in [6.45, 7) is 4.75.